The van der Waals surface area contributed by atoms with Gasteiger partial charge in [0.05, 0.1) is 19.4 Å². The predicted octanol–water partition coefficient (Wildman–Crippen LogP) is 1.25. The van der Waals surface area contributed by atoms with Crippen molar-refractivity contribution in [2.45, 2.75) is 6.61 Å². The van der Waals surface area contributed by atoms with E-state index < -0.39 is 0 Å². The van der Waals surface area contributed by atoms with Crippen molar-refractivity contribution >= 4 is 11.6 Å². The first kappa shape index (κ1) is 16.3. The van der Waals surface area contributed by atoms with Crippen molar-refractivity contribution in [3.05, 3.63) is 46.4 Å². The lowest BCUT2D eigenvalue weighted by atomic mass is 10.2. The van der Waals surface area contributed by atoms with Gasteiger partial charge in [-0.15, -0.1) is 0 Å². The topological polar surface area (TPSA) is 70.7 Å². The van der Waals surface area contributed by atoms with Gasteiger partial charge in [-0.3, -0.25) is 9.78 Å². The van der Waals surface area contributed by atoms with Crippen LogP contribution in [-0.2, 0) is 11.3 Å². The molecule has 1 N–H and O–H groups in total. The molecule has 0 unspecified atom stereocenters. The van der Waals surface area contributed by atoms with Crippen molar-refractivity contribution in [1.29, 1.82) is 0 Å². The Bertz CT molecular complexity index is 739. The highest BCUT2D eigenvalue weighted by Gasteiger charge is 2.19. The summed E-state index contributed by atoms with van der Waals surface area (Å²) in [6.45, 7) is 3.62. The van der Waals surface area contributed by atoms with Gasteiger partial charge in [0.2, 0.25) is 5.95 Å². The molecule has 1 saturated heterocycles. The SMILES string of the molecule is COCc1cc(=O)[nH]c(N2CCN(c3cccc(OC)c3)CC2)n1. The zero-order valence-electron chi connectivity index (χ0n) is 14.0. The molecule has 0 radical (unpaired) electrons. The number of benzene rings is 1. The molecule has 1 aliphatic rings. The summed E-state index contributed by atoms with van der Waals surface area (Å²) in [7, 11) is 3.27. The number of ether oxygens (including phenoxy) is 2. The van der Waals surface area contributed by atoms with Crippen molar-refractivity contribution in [2.24, 2.45) is 0 Å². The van der Waals surface area contributed by atoms with E-state index in [4.69, 9.17) is 9.47 Å². The number of piperazine rings is 1. The van der Waals surface area contributed by atoms with Gasteiger partial charge in [0.25, 0.3) is 5.56 Å². The Hall–Kier alpha value is -2.54. The largest absolute Gasteiger partial charge is 0.497 e. The number of anilines is 2. The number of hydrogen-bond donors (Lipinski definition) is 1. The molecule has 0 bridgehead atoms. The molecule has 2 aromatic rings. The molecular weight excluding hydrogens is 308 g/mol. The molecular formula is C17H22N4O3. The van der Waals surface area contributed by atoms with Gasteiger partial charge in [0.15, 0.2) is 0 Å². The van der Waals surface area contributed by atoms with Crippen molar-refractivity contribution < 1.29 is 9.47 Å². The fraction of sp³-hybridized carbons (Fsp3) is 0.412. The van der Waals surface area contributed by atoms with Gasteiger partial charge in [-0.2, -0.15) is 0 Å². The van der Waals surface area contributed by atoms with Crippen LogP contribution in [0.2, 0.25) is 0 Å². The average Bonchev–Trinajstić information content (AvgIpc) is 2.62. The van der Waals surface area contributed by atoms with Gasteiger partial charge in [-0.1, -0.05) is 6.07 Å². The van der Waals surface area contributed by atoms with E-state index in [1.807, 2.05) is 18.2 Å². The normalized spacial score (nSPS) is 14.8. The maximum Gasteiger partial charge on any atom is 0.252 e. The molecule has 0 atom stereocenters. The molecule has 24 heavy (non-hydrogen) atoms. The van der Waals surface area contributed by atoms with Crippen LogP contribution in [0.5, 0.6) is 5.75 Å². The van der Waals surface area contributed by atoms with E-state index in [-0.39, 0.29) is 5.56 Å². The molecule has 128 valence electrons. The molecule has 3 rings (SSSR count). The van der Waals surface area contributed by atoms with Crippen LogP contribution in [0.1, 0.15) is 5.69 Å². The number of methoxy groups -OCH3 is 2. The summed E-state index contributed by atoms with van der Waals surface area (Å²) in [6, 6.07) is 9.52. The first-order valence-electron chi connectivity index (χ1n) is 7.93. The second-order valence-electron chi connectivity index (χ2n) is 5.67. The van der Waals surface area contributed by atoms with Gasteiger partial charge >= 0.3 is 0 Å². The number of aromatic amines is 1. The fourth-order valence-electron chi connectivity index (χ4n) is 2.85. The lowest BCUT2D eigenvalue weighted by molar-refractivity contribution is 0.181. The van der Waals surface area contributed by atoms with E-state index in [2.05, 4.69) is 25.8 Å². The molecule has 2 heterocycles. The zero-order valence-corrected chi connectivity index (χ0v) is 14.0. The summed E-state index contributed by atoms with van der Waals surface area (Å²) in [6.07, 6.45) is 0. The minimum atomic E-state index is -0.151. The summed E-state index contributed by atoms with van der Waals surface area (Å²) in [5, 5.41) is 0. The molecule has 0 spiro atoms. The lowest BCUT2D eigenvalue weighted by Gasteiger charge is -2.36. The minimum Gasteiger partial charge on any atom is -0.497 e. The van der Waals surface area contributed by atoms with Gasteiger partial charge < -0.3 is 19.3 Å². The second-order valence-corrected chi connectivity index (χ2v) is 5.67. The van der Waals surface area contributed by atoms with Crippen molar-refractivity contribution in [1.82, 2.24) is 9.97 Å². The van der Waals surface area contributed by atoms with Crippen LogP contribution in [0.25, 0.3) is 0 Å². The summed E-state index contributed by atoms with van der Waals surface area (Å²) in [5.74, 6) is 1.47. The number of hydrogen-bond acceptors (Lipinski definition) is 6. The van der Waals surface area contributed by atoms with Gasteiger partial charge in [0.1, 0.15) is 5.75 Å². The molecule has 1 aliphatic heterocycles. The first-order valence-corrected chi connectivity index (χ1v) is 7.93. The van der Waals surface area contributed by atoms with Crippen LogP contribution < -0.4 is 20.1 Å². The Balaban J connectivity index is 1.69. The smallest absolute Gasteiger partial charge is 0.252 e. The number of aromatic nitrogens is 2. The van der Waals surface area contributed by atoms with E-state index in [1.54, 1.807) is 14.2 Å². The lowest BCUT2D eigenvalue weighted by Crippen LogP contribution is -2.47. The number of nitrogens with zero attached hydrogens (tertiary/aromatic N) is 3. The number of rotatable bonds is 5. The third-order valence-corrected chi connectivity index (χ3v) is 4.07. The summed E-state index contributed by atoms with van der Waals surface area (Å²) >= 11 is 0. The zero-order chi connectivity index (χ0) is 16.9. The van der Waals surface area contributed by atoms with Crippen LogP contribution in [0.15, 0.2) is 35.1 Å². The third-order valence-electron chi connectivity index (χ3n) is 4.07. The fourth-order valence-corrected chi connectivity index (χ4v) is 2.85. The van der Waals surface area contributed by atoms with Gasteiger partial charge in [0, 0.05) is 51.1 Å². The maximum absolute atomic E-state index is 11.8. The van der Waals surface area contributed by atoms with Crippen LogP contribution in [0.3, 0.4) is 0 Å². The maximum atomic E-state index is 11.8. The molecule has 7 nitrogen and oxygen atoms in total. The van der Waals surface area contributed by atoms with Crippen LogP contribution >= 0.6 is 0 Å². The average molecular weight is 330 g/mol. The highest BCUT2D eigenvalue weighted by Crippen LogP contribution is 2.22. The highest BCUT2D eigenvalue weighted by atomic mass is 16.5. The summed E-state index contributed by atoms with van der Waals surface area (Å²) in [5.41, 5.74) is 1.64. The van der Waals surface area contributed by atoms with Crippen molar-refractivity contribution in [2.75, 3.05) is 50.2 Å². The molecule has 0 saturated carbocycles. The quantitative estimate of drug-likeness (QED) is 0.890. The molecule has 7 heteroatoms. The molecule has 1 aromatic heterocycles. The summed E-state index contributed by atoms with van der Waals surface area (Å²) < 4.78 is 10.4. The molecule has 0 aliphatic carbocycles. The van der Waals surface area contributed by atoms with E-state index in [9.17, 15) is 4.79 Å². The van der Waals surface area contributed by atoms with E-state index >= 15 is 0 Å². The second kappa shape index (κ2) is 7.35. The Morgan fingerprint density at radius 2 is 1.88 bits per heavy atom. The Labute approximate surface area is 140 Å². The minimum absolute atomic E-state index is 0.151. The van der Waals surface area contributed by atoms with Crippen LogP contribution in [-0.4, -0.2) is 50.4 Å². The Morgan fingerprint density at radius 1 is 1.12 bits per heavy atom. The van der Waals surface area contributed by atoms with Crippen LogP contribution in [0.4, 0.5) is 11.6 Å². The summed E-state index contributed by atoms with van der Waals surface area (Å²) in [4.78, 5) is 23.5. The standard InChI is InChI=1S/C17H22N4O3/c1-23-12-13-10-16(22)19-17(18-13)21-8-6-20(7-9-21)14-4-3-5-15(11-14)24-2/h3-5,10-11H,6-9,12H2,1-2H3,(H,18,19,22). The molecule has 1 aromatic carbocycles. The van der Waals surface area contributed by atoms with E-state index in [1.165, 1.54) is 6.07 Å². The van der Waals surface area contributed by atoms with E-state index in [0.29, 0.717) is 18.2 Å². The first-order chi connectivity index (χ1) is 11.7. The molecule has 1 fully saturated rings. The monoisotopic (exact) mass is 330 g/mol. The Morgan fingerprint density at radius 3 is 2.58 bits per heavy atom. The van der Waals surface area contributed by atoms with Gasteiger partial charge in [-0.05, 0) is 12.1 Å². The number of H-pyrrole nitrogens is 1. The Kier molecular flexibility index (Phi) is 5.00. The highest BCUT2D eigenvalue weighted by molar-refractivity contribution is 5.52. The van der Waals surface area contributed by atoms with Crippen molar-refractivity contribution in [3.8, 4) is 5.75 Å². The van der Waals surface area contributed by atoms with Crippen LogP contribution in [0, 0.1) is 0 Å². The number of nitrogens with one attached hydrogen (secondary N) is 1. The third kappa shape index (κ3) is 3.68. The molecule has 0 amide bonds. The van der Waals surface area contributed by atoms with Crippen molar-refractivity contribution in [3.63, 3.8) is 0 Å². The predicted molar refractivity (Wildman–Crippen MR) is 93.0 cm³/mol. The van der Waals surface area contributed by atoms with Gasteiger partial charge in [-0.25, -0.2) is 4.98 Å². The van der Waals surface area contributed by atoms with E-state index in [0.717, 1.165) is 37.6 Å².